The number of nitrogens with one attached hydrogen (secondary N) is 2. The first kappa shape index (κ1) is 23.6. The molecule has 0 amide bonds. The van der Waals surface area contributed by atoms with E-state index in [0.29, 0.717) is 24.6 Å². The van der Waals surface area contributed by atoms with E-state index in [-0.39, 0.29) is 0 Å². The van der Waals surface area contributed by atoms with Crippen LogP contribution in [-0.4, -0.2) is 71.0 Å². The Hall–Kier alpha value is -1.67. The van der Waals surface area contributed by atoms with Crippen molar-refractivity contribution < 1.29 is 4.74 Å². The minimum absolute atomic E-state index is 0.300. The summed E-state index contributed by atoms with van der Waals surface area (Å²) in [6, 6.07) is 0.778. The molecule has 8 nitrogen and oxygen atoms in total. The summed E-state index contributed by atoms with van der Waals surface area (Å²) in [6.45, 7) is 16.2. The molecule has 0 fully saturated rings. The van der Waals surface area contributed by atoms with Crippen LogP contribution in [0.2, 0.25) is 0 Å². The van der Waals surface area contributed by atoms with Crippen molar-refractivity contribution in [2.75, 3.05) is 33.3 Å². The van der Waals surface area contributed by atoms with Gasteiger partial charge in [0, 0.05) is 32.2 Å². The van der Waals surface area contributed by atoms with E-state index in [1.165, 1.54) is 6.42 Å². The highest BCUT2D eigenvalue weighted by Gasteiger charge is 2.23. The lowest BCUT2D eigenvalue weighted by molar-refractivity contribution is 0.177. The van der Waals surface area contributed by atoms with Crippen LogP contribution >= 0.6 is 0 Å². The minimum atomic E-state index is 0.300. The summed E-state index contributed by atoms with van der Waals surface area (Å²) in [4.78, 5) is 12.0. The molecular weight excluding hydrogens is 366 g/mol. The number of nitrogens with zero attached hydrogens (tertiary/aromatic N) is 5. The molecule has 0 bridgehead atoms. The van der Waals surface area contributed by atoms with Crippen LogP contribution in [0.25, 0.3) is 0 Å². The molecule has 2 N–H and O–H groups in total. The van der Waals surface area contributed by atoms with Crippen LogP contribution in [0.4, 0.5) is 0 Å². The van der Waals surface area contributed by atoms with E-state index >= 15 is 0 Å². The van der Waals surface area contributed by atoms with E-state index in [9.17, 15) is 0 Å². The number of fused-ring (bicyclic) bond motifs is 1. The van der Waals surface area contributed by atoms with Crippen LogP contribution in [0.15, 0.2) is 4.99 Å². The average molecular weight is 408 g/mol. The van der Waals surface area contributed by atoms with Crippen molar-refractivity contribution >= 4 is 5.96 Å². The molecule has 0 radical (unpaired) electrons. The Morgan fingerprint density at radius 2 is 2.07 bits per heavy atom. The topological polar surface area (TPSA) is 79.6 Å². The minimum Gasteiger partial charge on any atom is -0.377 e. The van der Waals surface area contributed by atoms with Crippen LogP contribution in [-0.2, 0) is 24.3 Å². The third kappa shape index (κ3) is 7.26. The van der Waals surface area contributed by atoms with Crippen LogP contribution in [0.1, 0.15) is 59.1 Å². The standard InChI is InChI=1S/C21H41N7O/c1-7-22-21(23-13-18(12-16(4)5)27(8-2)9-3)24-17-10-11-20-25-19(15-29-6)26-28(20)14-17/h16-18H,7-15H2,1-6H3,(H2,22,23,24). The van der Waals surface area contributed by atoms with Gasteiger partial charge in [0.1, 0.15) is 12.4 Å². The van der Waals surface area contributed by atoms with Gasteiger partial charge in [0.05, 0.1) is 13.1 Å². The highest BCUT2D eigenvalue weighted by Crippen LogP contribution is 2.14. The van der Waals surface area contributed by atoms with Crippen molar-refractivity contribution in [2.24, 2.45) is 10.9 Å². The average Bonchev–Trinajstić information content (AvgIpc) is 3.08. The molecule has 2 rings (SSSR count). The van der Waals surface area contributed by atoms with Gasteiger partial charge in [-0.15, -0.1) is 0 Å². The Balaban J connectivity index is 2.02. The number of rotatable bonds is 11. The number of aryl methyl sites for hydroxylation is 1. The zero-order valence-corrected chi connectivity index (χ0v) is 19.2. The Morgan fingerprint density at radius 1 is 1.31 bits per heavy atom. The summed E-state index contributed by atoms with van der Waals surface area (Å²) >= 11 is 0. The molecule has 1 aliphatic heterocycles. The molecule has 2 heterocycles. The lowest BCUT2D eigenvalue weighted by atomic mass is 10.0. The lowest BCUT2D eigenvalue weighted by Crippen LogP contribution is -2.48. The number of guanidine groups is 1. The molecule has 1 aromatic rings. The highest BCUT2D eigenvalue weighted by atomic mass is 16.5. The van der Waals surface area contributed by atoms with Gasteiger partial charge in [-0.05, 0) is 38.8 Å². The molecule has 0 saturated heterocycles. The van der Waals surface area contributed by atoms with Gasteiger partial charge in [0.2, 0.25) is 0 Å². The summed E-state index contributed by atoms with van der Waals surface area (Å²) < 4.78 is 7.17. The number of hydrogen-bond acceptors (Lipinski definition) is 5. The Morgan fingerprint density at radius 3 is 2.69 bits per heavy atom. The van der Waals surface area contributed by atoms with Gasteiger partial charge in [-0.25, -0.2) is 9.67 Å². The number of likely N-dealkylation sites (N-methyl/N-ethyl adjacent to an activating group) is 1. The van der Waals surface area contributed by atoms with Crippen molar-refractivity contribution in [1.29, 1.82) is 0 Å². The maximum atomic E-state index is 5.16. The molecule has 29 heavy (non-hydrogen) atoms. The van der Waals surface area contributed by atoms with E-state index in [4.69, 9.17) is 9.73 Å². The van der Waals surface area contributed by atoms with E-state index in [1.807, 2.05) is 4.68 Å². The van der Waals surface area contributed by atoms with Crippen molar-refractivity contribution in [2.45, 2.75) is 79.1 Å². The van der Waals surface area contributed by atoms with E-state index in [1.54, 1.807) is 7.11 Å². The summed E-state index contributed by atoms with van der Waals surface area (Å²) in [5.74, 6) is 3.38. The summed E-state index contributed by atoms with van der Waals surface area (Å²) in [6.07, 6.45) is 3.11. The predicted octanol–water partition coefficient (Wildman–Crippen LogP) is 2.05. The highest BCUT2D eigenvalue weighted by molar-refractivity contribution is 5.80. The SMILES string of the molecule is CCNC(=NCC(CC(C)C)N(CC)CC)NC1CCc2nc(COC)nn2C1. The molecule has 2 atom stereocenters. The maximum Gasteiger partial charge on any atom is 0.191 e. The number of ether oxygens (including phenoxy) is 1. The fraction of sp³-hybridized carbons (Fsp3) is 0.857. The van der Waals surface area contributed by atoms with Gasteiger partial charge in [0.25, 0.3) is 0 Å². The van der Waals surface area contributed by atoms with Crippen LogP contribution in [0, 0.1) is 5.92 Å². The number of hydrogen-bond donors (Lipinski definition) is 2. The van der Waals surface area contributed by atoms with Gasteiger partial charge in [-0.2, -0.15) is 5.10 Å². The summed E-state index contributed by atoms with van der Waals surface area (Å²) in [7, 11) is 1.67. The zero-order valence-electron chi connectivity index (χ0n) is 19.2. The van der Waals surface area contributed by atoms with Gasteiger partial charge in [0.15, 0.2) is 11.8 Å². The smallest absolute Gasteiger partial charge is 0.191 e. The van der Waals surface area contributed by atoms with Crippen LogP contribution < -0.4 is 10.6 Å². The second-order valence-electron chi connectivity index (χ2n) is 8.16. The quantitative estimate of drug-likeness (QED) is 0.432. The van der Waals surface area contributed by atoms with E-state index in [0.717, 1.165) is 63.2 Å². The van der Waals surface area contributed by atoms with Crippen molar-refractivity contribution in [3.63, 3.8) is 0 Å². The third-order valence-corrected chi connectivity index (χ3v) is 5.39. The van der Waals surface area contributed by atoms with Crippen LogP contribution in [0.5, 0.6) is 0 Å². The molecule has 0 spiro atoms. The van der Waals surface area contributed by atoms with E-state index < -0.39 is 0 Å². The molecule has 2 unspecified atom stereocenters. The fourth-order valence-corrected chi connectivity index (χ4v) is 4.00. The van der Waals surface area contributed by atoms with Crippen molar-refractivity contribution in [3.05, 3.63) is 11.6 Å². The first-order valence-corrected chi connectivity index (χ1v) is 11.2. The fourth-order valence-electron chi connectivity index (χ4n) is 4.00. The van der Waals surface area contributed by atoms with Crippen LogP contribution in [0.3, 0.4) is 0 Å². The Labute approximate surface area is 176 Å². The monoisotopic (exact) mass is 407 g/mol. The predicted molar refractivity (Wildman–Crippen MR) is 118 cm³/mol. The third-order valence-electron chi connectivity index (χ3n) is 5.39. The van der Waals surface area contributed by atoms with Gasteiger partial charge in [-0.1, -0.05) is 27.7 Å². The van der Waals surface area contributed by atoms with Crippen molar-refractivity contribution in [1.82, 2.24) is 30.3 Å². The van der Waals surface area contributed by atoms with Gasteiger partial charge < -0.3 is 15.4 Å². The molecule has 166 valence electrons. The molecule has 0 aromatic carbocycles. The summed E-state index contributed by atoms with van der Waals surface area (Å²) in [5.41, 5.74) is 0. The Bertz CT molecular complexity index is 625. The largest absolute Gasteiger partial charge is 0.377 e. The maximum absolute atomic E-state index is 5.16. The number of aliphatic imine (C=N–C) groups is 1. The van der Waals surface area contributed by atoms with Gasteiger partial charge in [-0.3, -0.25) is 9.89 Å². The molecular formula is C21H41N7O. The molecule has 8 heteroatoms. The zero-order chi connectivity index (χ0) is 21.2. The van der Waals surface area contributed by atoms with Crippen molar-refractivity contribution in [3.8, 4) is 0 Å². The molecule has 0 saturated carbocycles. The molecule has 0 aliphatic carbocycles. The van der Waals surface area contributed by atoms with E-state index in [2.05, 4.69) is 60.2 Å². The number of aromatic nitrogens is 3. The lowest BCUT2D eigenvalue weighted by Gasteiger charge is -2.30. The van der Waals surface area contributed by atoms with Gasteiger partial charge >= 0.3 is 0 Å². The summed E-state index contributed by atoms with van der Waals surface area (Å²) in [5, 5.41) is 11.6. The Kier molecular flexibility index (Phi) is 9.87. The number of methoxy groups -OCH3 is 1. The first-order valence-electron chi connectivity index (χ1n) is 11.2. The normalized spacial score (nSPS) is 18.2. The molecule has 1 aliphatic rings. The second kappa shape index (κ2) is 12.1. The second-order valence-corrected chi connectivity index (χ2v) is 8.16. The molecule has 1 aromatic heterocycles. The first-order chi connectivity index (χ1) is 14.0.